The maximum absolute atomic E-state index is 12.8. The third-order valence-corrected chi connectivity index (χ3v) is 4.23. The number of aliphatic hydroxyl groups excluding tert-OH is 1. The number of amides is 3. The first-order valence-electron chi connectivity index (χ1n) is 10.9. The number of aliphatic hydroxyl groups is 1. The Hall–Kier alpha value is -2.28. The van der Waals surface area contributed by atoms with Crippen LogP contribution in [0.2, 0.25) is 0 Å². The van der Waals surface area contributed by atoms with Crippen LogP contribution < -0.4 is 10.6 Å². The van der Waals surface area contributed by atoms with Crippen LogP contribution in [0.5, 0.6) is 0 Å². The quantitative estimate of drug-likeness (QED) is 0.577. The fourth-order valence-electron chi connectivity index (χ4n) is 3.04. The molecule has 176 valence electrons. The molecule has 7 heteroatoms. The number of alkyl carbamates (subject to hydrolysis) is 1. The monoisotopic (exact) mass is 435 g/mol. The second kappa shape index (κ2) is 11.4. The van der Waals surface area contributed by atoms with Crippen LogP contribution in [0.25, 0.3) is 0 Å². The van der Waals surface area contributed by atoms with E-state index in [2.05, 4.69) is 10.6 Å². The third-order valence-electron chi connectivity index (χ3n) is 4.23. The predicted octanol–water partition coefficient (Wildman–Crippen LogP) is 3.95. The second-order valence-corrected chi connectivity index (χ2v) is 10.5. The van der Waals surface area contributed by atoms with Gasteiger partial charge in [-0.15, -0.1) is 0 Å². The Morgan fingerprint density at radius 2 is 1.61 bits per heavy atom. The van der Waals surface area contributed by atoms with Gasteiger partial charge >= 0.3 is 12.1 Å². The number of nitrogens with one attached hydrogen (secondary N) is 2. The maximum atomic E-state index is 12.8. The number of carbonyl (C=O) groups excluding carboxylic acids is 2. The molecular formula is C24H41N3O4. The Morgan fingerprint density at radius 3 is 2.10 bits per heavy atom. The average molecular weight is 436 g/mol. The summed E-state index contributed by atoms with van der Waals surface area (Å²) < 4.78 is 5.38. The molecule has 31 heavy (non-hydrogen) atoms. The number of rotatable bonds is 8. The molecule has 0 unspecified atom stereocenters. The van der Waals surface area contributed by atoms with Crippen LogP contribution in [-0.4, -0.2) is 58.5 Å². The minimum absolute atomic E-state index is 0.0907. The van der Waals surface area contributed by atoms with Gasteiger partial charge in [0.2, 0.25) is 0 Å². The van der Waals surface area contributed by atoms with Crippen molar-refractivity contribution in [3.05, 3.63) is 35.9 Å². The smallest absolute Gasteiger partial charge is 0.407 e. The summed E-state index contributed by atoms with van der Waals surface area (Å²) >= 11 is 0. The molecule has 0 aliphatic heterocycles. The van der Waals surface area contributed by atoms with E-state index in [-0.39, 0.29) is 18.5 Å². The highest BCUT2D eigenvalue weighted by atomic mass is 16.6. The molecule has 0 aliphatic rings. The number of urea groups is 1. The van der Waals surface area contributed by atoms with Gasteiger partial charge in [0, 0.05) is 12.1 Å². The number of nitrogens with zero attached hydrogens (tertiary/aromatic N) is 1. The molecule has 0 fully saturated rings. The van der Waals surface area contributed by atoms with Crippen molar-refractivity contribution in [2.75, 3.05) is 13.1 Å². The molecule has 0 heterocycles. The van der Waals surface area contributed by atoms with Crippen molar-refractivity contribution in [3.63, 3.8) is 0 Å². The normalized spacial score (nSPS) is 14.0. The summed E-state index contributed by atoms with van der Waals surface area (Å²) in [6.45, 7) is 15.7. The first-order valence-corrected chi connectivity index (χ1v) is 10.9. The van der Waals surface area contributed by atoms with Crippen molar-refractivity contribution in [3.8, 4) is 0 Å². The predicted molar refractivity (Wildman–Crippen MR) is 124 cm³/mol. The number of hydrogen-bond donors (Lipinski definition) is 3. The molecule has 0 bridgehead atoms. The fourth-order valence-corrected chi connectivity index (χ4v) is 3.04. The SMILES string of the molecule is CC(C)CN(C[C@H](O)[C@H](Cc1ccccc1)NC(=O)OC(C)(C)C)C(=O)NC(C)(C)C. The summed E-state index contributed by atoms with van der Waals surface area (Å²) in [7, 11) is 0. The van der Waals surface area contributed by atoms with Crippen LogP contribution in [0.15, 0.2) is 30.3 Å². The van der Waals surface area contributed by atoms with E-state index in [0.717, 1.165) is 5.56 Å². The van der Waals surface area contributed by atoms with E-state index in [1.165, 1.54) is 0 Å². The number of benzene rings is 1. The van der Waals surface area contributed by atoms with Gasteiger partial charge in [-0.2, -0.15) is 0 Å². The summed E-state index contributed by atoms with van der Waals surface area (Å²) in [5.41, 5.74) is -0.0740. The molecule has 3 N–H and O–H groups in total. The molecule has 1 aromatic carbocycles. The largest absolute Gasteiger partial charge is 0.444 e. The lowest BCUT2D eigenvalue weighted by Crippen LogP contribution is -2.55. The Morgan fingerprint density at radius 1 is 1.03 bits per heavy atom. The minimum atomic E-state index is -0.975. The van der Waals surface area contributed by atoms with Gasteiger partial charge in [0.25, 0.3) is 0 Å². The lowest BCUT2D eigenvalue weighted by molar-refractivity contribution is 0.0380. The van der Waals surface area contributed by atoms with Crippen LogP contribution in [0.4, 0.5) is 9.59 Å². The van der Waals surface area contributed by atoms with Gasteiger partial charge in [0.15, 0.2) is 0 Å². The van der Waals surface area contributed by atoms with E-state index in [4.69, 9.17) is 4.74 Å². The Balaban J connectivity index is 3.01. The summed E-state index contributed by atoms with van der Waals surface area (Å²) in [6, 6.07) is 8.76. The lowest BCUT2D eigenvalue weighted by atomic mass is 10.0. The second-order valence-electron chi connectivity index (χ2n) is 10.5. The molecule has 1 rings (SSSR count). The van der Waals surface area contributed by atoms with E-state index >= 15 is 0 Å². The lowest BCUT2D eigenvalue weighted by Gasteiger charge is -2.33. The summed E-state index contributed by atoms with van der Waals surface area (Å²) in [4.78, 5) is 26.8. The molecule has 1 aromatic rings. The molecule has 0 saturated heterocycles. The number of carbonyl (C=O) groups is 2. The van der Waals surface area contributed by atoms with Gasteiger partial charge < -0.3 is 25.4 Å². The molecular weight excluding hydrogens is 394 g/mol. The van der Waals surface area contributed by atoms with E-state index < -0.39 is 29.4 Å². The van der Waals surface area contributed by atoms with E-state index in [0.29, 0.717) is 13.0 Å². The van der Waals surface area contributed by atoms with Crippen molar-refractivity contribution >= 4 is 12.1 Å². The summed E-state index contributed by atoms with van der Waals surface area (Å²) in [6.07, 6.45) is -1.16. The highest BCUT2D eigenvalue weighted by molar-refractivity contribution is 5.75. The van der Waals surface area contributed by atoms with E-state index in [9.17, 15) is 14.7 Å². The Kier molecular flexibility index (Phi) is 9.81. The zero-order valence-corrected chi connectivity index (χ0v) is 20.4. The van der Waals surface area contributed by atoms with Crippen LogP contribution >= 0.6 is 0 Å². The zero-order valence-electron chi connectivity index (χ0n) is 20.4. The first-order chi connectivity index (χ1) is 14.2. The summed E-state index contributed by atoms with van der Waals surface area (Å²) in [5, 5.41) is 16.8. The fraction of sp³-hybridized carbons (Fsp3) is 0.667. The van der Waals surface area contributed by atoms with E-state index in [1.807, 2.05) is 65.0 Å². The van der Waals surface area contributed by atoms with Crippen LogP contribution in [0, 0.1) is 5.92 Å². The molecule has 0 saturated carbocycles. The van der Waals surface area contributed by atoms with Crippen molar-refractivity contribution in [1.29, 1.82) is 0 Å². The van der Waals surface area contributed by atoms with Crippen LogP contribution in [-0.2, 0) is 11.2 Å². The highest BCUT2D eigenvalue weighted by Crippen LogP contribution is 2.13. The molecule has 0 radical (unpaired) electrons. The molecule has 3 amide bonds. The molecule has 0 aliphatic carbocycles. The Labute approximate surface area is 187 Å². The number of hydrogen-bond acceptors (Lipinski definition) is 4. The zero-order chi connectivity index (χ0) is 23.8. The van der Waals surface area contributed by atoms with Crippen molar-refractivity contribution < 1.29 is 19.4 Å². The number of ether oxygens (including phenoxy) is 1. The van der Waals surface area contributed by atoms with Crippen molar-refractivity contribution in [1.82, 2.24) is 15.5 Å². The van der Waals surface area contributed by atoms with Gasteiger partial charge in [-0.1, -0.05) is 44.2 Å². The average Bonchev–Trinajstić information content (AvgIpc) is 2.58. The van der Waals surface area contributed by atoms with E-state index in [1.54, 1.807) is 25.7 Å². The maximum Gasteiger partial charge on any atom is 0.407 e. The van der Waals surface area contributed by atoms with Crippen LogP contribution in [0.3, 0.4) is 0 Å². The summed E-state index contributed by atoms with van der Waals surface area (Å²) in [5.74, 6) is 0.226. The Bertz CT molecular complexity index is 693. The standard InChI is InChI=1S/C24H41N3O4/c1-17(2)15-27(21(29)26-23(3,4)5)16-20(28)19(14-18-12-10-9-11-13-18)25-22(30)31-24(6,7)8/h9-13,17,19-20,28H,14-16H2,1-8H3,(H,25,30)(H,26,29)/t19-,20-/m0/s1. The van der Waals surface area contributed by atoms with Gasteiger partial charge in [-0.3, -0.25) is 0 Å². The first kappa shape index (κ1) is 26.8. The molecule has 2 atom stereocenters. The van der Waals surface area contributed by atoms with Gasteiger partial charge in [-0.05, 0) is 59.4 Å². The van der Waals surface area contributed by atoms with Gasteiger partial charge in [0.1, 0.15) is 5.60 Å². The van der Waals surface area contributed by atoms with Gasteiger partial charge in [-0.25, -0.2) is 9.59 Å². The molecule has 0 spiro atoms. The van der Waals surface area contributed by atoms with Crippen molar-refractivity contribution in [2.24, 2.45) is 5.92 Å². The van der Waals surface area contributed by atoms with Crippen molar-refractivity contribution in [2.45, 2.75) is 85.1 Å². The highest BCUT2D eigenvalue weighted by Gasteiger charge is 2.29. The minimum Gasteiger partial charge on any atom is -0.444 e. The van der Waals surface area contributed by atoms with Crippen LogP contribution in [0.1, 0.15) is 61.0 Å². The van der Waals surface area contributed by atoms with Gasteiger partial charge in [0.05, 0.1) is 18.7 Å². The molecule has 0 aromatic heterocycles. The third kappa shape index (κ3) is 11.6. The molecule has 7 nitrogen and oxygen atoms in total. The topological polar surface area (TPSA) is 90.9 Å².